The van der Waals surface area contributed by atoms with E-state index in [1.54, 1.807) is 12.1 Å². The fourth-order valence-electron chi connectivity index (χ4n) is 2.25. The first-order chi connectivity index (χ1) is 7.59. The molecule has 0 amide bonds. The first-order valence-electron chi connectivity index (χ1n) is 5.66. The molecule has 1 aromatic rings. The number of carbonyl (C=O) groups is 1. The Morgan fingerprint density at radius 3 is 2.75 bits per heavy atom. The summed E-state index contributed by atoms with van der Waals surface area (Å²) in [6, 6.07) is 5.14. The van der Waals surface area contributed by atoms with Crippen LogP contribution in [0, 0.1) is 5.82 Å². The highest BCUT2D eigenvalue weighted by Crippen LogP contribution is 2.28. The highest BCUT2D eigenvalue weighted by atomic mass is 19.1. The molecule has 0 radical (unpaired) electrons. The van der Waals surface area contributed by atoms with Gasteiger partial charge in [0.1, 0.15) is 5.82 Å². The van der Waals surface area contributed by atoms with Crippen LogP contribution in [-0.4, -0.2) is 18.4 Å². The van der Waals surface area contributed by atoms with Crippen molar-refractivity contribution in [3.8, 4) is 0 Å². The first-order valence-corrected chi connectivity index (χ1v) is 5.66. The van der Waals surface area contributed by atoms with Gasteiger partial charge in [-0.3, -0.25) is 4.79 Å². The Morgan fingerprint density at radius 2 is 2.25 bits per heavy atom. The van der Waals surface area contributed by atoms with Crippen molar-refractivity contribution in [1.29, 1.82) is 0 Å². The number of Topliss-reactive ketones (excluding diaryl/α,β-unsaturated/α-hetero) is 1. The van der Waals surface area contributed by atoms with Gasteiger partial charge in [-0.25, -0.2) is 4.39 Å². The van der Waals surface area contributed by atoms with E-state index in [9.17, 15) is 9.18 Å². The number of hydrogen-bond donors (Lipinski definition) is 0. The maximum Gasteiger partial charge on any atom is 0.159 e. The third-order valence-corrected chi connectivity index (χ3v) is 3.22. The Morgan fingerprint density at radius 1 is 1.50 bits per heavy atom. The summed E-state index contributed by atoms with van der Waals surface area (Å²) in [7, 11) is 0. The molecule has 0 saturated carbocycles. The van der Waals surface area contributed by atoms with Gasteiger partial charge in [-0.2, -0.15) is 0 Å². The van der Waals surface area contributed by atoms with E-state index in [0.717, 1.165) is 19.4 Å². The summed E-state index contributed by atoms with van der Waals surface area (Å²) >= 11 is 0. The van der Waals surface area contributed by atoms with Crippen molar-refractivity contribution in [3.05, 3.63) is 29.6 Å². The molecule has 2 rings (SSSR count). The van der Waals surface area contributed by atoms with Gasteiger partial charge in [0.25, 0.3) is 0 Å². The number of rotatable bonds is 2. The van der Waals surface area contributed by atoms with E-state index < -0.39 is 0 Å². The second-order valence-corrected chi connectivity index (χ2v) is 4.41. The predicted molar refractivity (Wildman–Crippen MR) is 62.4 cm³/mol. The van der Waals surface area contributed by atoms with Crippen LogP contribution in [0.4, 0.5) is 10.1 Å². The largest absolute Gasteiger partial charge is 0.366 e. The lowest BCUT2D eigenvalue weighted by Crippen LogP contribution is -2.27. The van der Waals surface area contributed by atoms with Gasteiger partial charge in [-0.1, -0.05) is 0 Å². The molecule has 1 aromatic carbocycles. The second-order valence-electron chi connectivity index (χ2n) is 4.41. The smallest absolute Gasteiger partial charge is 0.159 e. The molecule has 1 aliphatic rings. The Hall–Kier alpha value is -1.38. The zero-order chi connectivity index (χ0) is 11.7. The molecule has 3 heteroatoms. The molecule has 0 N–H and O–H groups in total. The Kier molecular flexibility index (Phi) is 2.95. The highest BCUT2D eigenvalue weighted by Gasteiger charge is 2.23. The van der Waals surface area contributed by atoms with Gasteiger partial charge in [0.2, 0.25) is 0 Å². The molecule has 1 fully saturated rings. The van der Waals surface area contributed by atoms with Crippen molar-refractivity contribution < 1.29 is 9.18 Å². The topological polar surface area (TPSA) is 20.3 Å². The molecule has 0 aromatic heterocycles. The standard InChI is InChI=1S/C13H16FNO/c1-9-4-3-7-15(9)13-6-5-11(10(2)16)8-12(13)14/h5-6,8-9H,3-4,7H2,1-2H3/t9-/m0/s1. The summed E-state index contributed by atoms with van der Waals surface area (Å²) < 4.78 is 13.8. The van der Waals surface area contributed by atoms with E-state index >= 15 is 0 Å². The molecule has 1 aliphatic heterocycles. The zero-order valence-corrected chi connectivity index (χ0v) is 9.66. The van der Waals surface area contributed by atoms with Crippen LogP contribution < -0.4 is 4.90 Å². The predicted octanol–water partition coefficient (Wildman–Crippen LogP) is 3.02. The number of halogens is 1. The van der Waals surface area contributed by atoms with Gasteiger partial charge in [0.05, 0.1) is 5.69 Å². The lowest BCUT2D eigenvalue weighted by atomic mass is 10.1. The fourth-order valence-corrected chi connectivity index (χ4v) is 2.25. The van der Waals surface area contributed by atoms with Crippen LogP contribution in [0.2, 0.25) is 0 Å². The van der Waals surface area contributed by atoms with Gasteiger partial charge >= 0.3 is 0 Å². The molecule has 1 heterocycles. The SMILES string of the molecule is CC(=O)c1ccc(N2CCC[C@@H]2C)c(F)c1. The lowest BCUT2D eigenvalue weighted by molar-refractivity contribution is 0.101. The summed E-state index contributed by atoms with van der Waals surface area (Å²) in [5.41, 5.74) is 1.06. The maximum absolute atomic E-state index is 13.8. The zero-order valence-electron chi connectivity index (χ0n) is 9.66. The Bertz CT molecular complexity index is 416. The summed E-state index contributed by atoms with van der Waals surface area (Å²) in [5.74, 6) is -0.388. The highest BCUT2D eigenvalue weighted by molar-refractivity contribution is 5.94. The van der Waals surface area contributed by atoms with Crippen molar-refractivity contribution in [1.82, 2.24) is 0 Å². The van der Waals surface area contributed by atoms with Crippen LogP contribution in [-0.2, 0) is 0 Å². The van der Waals surface area contributed by atoms with Crippen molar-refractivity contribution in [2.24, 2.45) is 0 Å². The van der Waals surface area contributed by atoms with E-state index in [0.29, 0.717) is 17.3 Å². The quantitative estimate of drug-likeness (QED) is 0.715. The molecule has 0 spiro atoms. The van der Waals surface area contributed by atoms with Crippen LogP contribution in [0.3, 0.4) is 0 Å². The normalized spacial score (nSPS) is 20.2. The van der Waals surface area contributed by atoms with E-state index in [-0.39, 0.29) is 11.6 Å². The molecule has 1 saturated heterocycles. The van der Waals surface area contributed by atoms with E-state index in [1.165, 1.54) is 13.0 Å². The molecular formula is C13H16FNO. The number of nitrogens with zero attached hydrogens (tertiary/aromatic N) is 1. The Balaban J connectivity index is 2.32. The minimum Gasteiger partial charge on any atom is -0.366 e. The van der Waals surface area contributed by atoms with Gasteiger partial charge in [0, 0.05) is 18.2 Å². The monoisotopic (exact) mass is 221 g/mol. The van der Waals surface area contributed by atoms with E-state index in [4.69, 9.17) is 0 Å². The molecule has 0 aliphatic carbocycles. The molecule has 2 nitrogen and oxygen atoms in total. The molecule has 0 unspecified atom stereocenters. The minimum atomic E-state index is -0.290. The number of ketones is 1. The summed E-state index contributed by atoms with van der Waals surface area (Å²) in [6.07, 6.45) is 2.21. The number of hydrogen-bond acceptors (Lipinski definition) is 2. The van der Waals surface area contributed by atoms with Crippen molar-refractivity contribution in [2.75, 3.05) is 11.4 Å². The van der Waals surface area contributed by atoms with Crippen molar-refractivity contribution in [2.45, 2.75) is 32.7 Å². The number of anilines is 1. The molecule has 0 bridgehead atoms. The van der Waals surface area contributed by atoms with Gasteiger partial charge in [-0.05, 0) is 44.9 Å². The second kappa shape index (κ2) is 4.24. The Labute approximate surface area is 95.1 Å². The number of benzene rings is 1. The van der Waals surface area contributed by atoms with Crippen molar-refractivity contribution >= 4 is 11.5 Å². The minimum absolute atomic E-state index is 0.0973. The lowest BCUT2D eigenvalue weighted by Gasteiger charge is -2.24. The van der Waals surface area contributed by atoms with Crippen LogP contribution in [0.25, 0.3) is 0 Å². The molecule has 86 valence electrons. The summed E-state index contributed by atoms with van der Waals surface area (Å²) in [5, 5.41) is 0. The van der Waals surface area contributed by atoms with Gasteiger partial charge in [0.15, 0.2) is 5.78 Å². The molecule has 1 atom stereocenters. The van der Waals surface area contributed by atoms with Crippen LogP contribution in [0.15, 0.2) is 18.2 Å². The van der Waals surface area contributed by atoms with Gasteiger partial charge in [-0.15, -0.1) is 0 Å². The maximum atomic E-state index is 13.8. The third-order valence-electron chi connectivity index (χ3n) is 3.22. The van der Waals surface area contributed by atoms with Gasteiger partial charge < -0.3 is 4.90 Å². The number of carbonyl (C=O) groups excluding carboxylic acids is 1. The average Bonchev–Trinajstić information content (AvgIpc) is 2.64. The summed E-state index contributed by atoms with van der Waals surface area (Å²) in [4.78, 5) is 13.2. The third kappa shape index (κ3) is 1.94. The first kappa shape index (κ1) is 11.1. The fraction of sp³-hybridized carbons (Fsp3) is 0.462. The molecular weight excluding hydrogens is 205 g/mol. The van der Waals surface area contributed by atoms with Crippen LogP contribution in [0.1, 0.15) is 37.0 Å². The van der Waals surface area contributed by atoms with E-state index in [2.05, 4.69) is 11.8 Å². The average molecular weight is 221 g/mol. The van der Waals surface area contributed by atoms with E-state index in [1.807, 2.05) is 0 Å². The van der Waals surface area contributed by atoms with Crippen LogP contribution >= 0.6 is 0 Å². The molecule has 16 heavy (non-hydrogen) atoms. The van der Waals surface area contributed by atoms with Crippen molar-refractivity contribution in [3.63, 3.8) is 0 Å². The summed E-state index contributed by atoms with van der Waals surface area (Å²) in [6.45, 7) is 4.45. The van der Waals surface area contributed by atoms with Crippen LogP contribution in [0.5, 0.6) is 0 Å².